The molecule has 0 aromatic rings. The van der Waals surface area contributed by atoms with Crippen LogP contribution in [-0.2, 0) is 14.6 Å². The van der Waals surface area contributed by atoms with Crippen molar-refractivity contribution in [3.63, 3.8) is 0 Å². The first-order valence-electron chi connectivity index (χ1n) is 5.26. The first kappa shape index (κ1) is 12.9. The Balaban J connectivity index is 2.28. The van der Waals surface area contributed by atoms with E-state index < -0.39 is 9.84 Å². The van der Waals surface area contributed by atoms with Crippen LogP contribution >= 0.6 is 0 Å². The second-order valence-electron chi connectivity index (χ2n) is 4.05. The molecule has 6 heteroatoms. The van der Waals surface area contributed by atoms with Crippen LogP contribution in [0.4, 0.5) is 0 Å². The lowest BCUT2D eigenvalue weighted by molar-refractivity contribution is 0.0408. The van der Waals surface area contributed by atoms with Crippen molar-refractivity contribution in [1.82, 2.24) is 4.90 Å². The highest BCUT2D eigenvalue weighted by atomic mass is 32.2. The van der Waals surface area contributed by atoms with Gasteiger partial charge in [0.25, 0.3) is 0 Å². The van der Waals surface area contributed by atoms with E-state index in [1.165, 1.54) is 0 Å². The van der Waals surface area contributed by atoms with Crippen molar-refractivity contribution in [2.24, 2.45) is 5.73 Å². The minimum absolute atomic E-state index is 0.0807. The molecule has 0 saturated carbocycles. The van der Waals surface area contributed by atoms with Gasteiger partial charge in [-0.25, -0.2) is 8.42 Å². The van der Waals surface area contributed by atoms with Crippen LogP contribution in [0.5, 0.6) is 0 Å². The predicted octanol–water partition coefficient (Wildman–Crippen LogP) is -0.919. The van der Waals surface area contributed by atoms with Crippen LogP contribution in [0.25, 0.3) is 0 Å². The summed E-state index contributed by atoms with van der Waals surface area (Å²) in [6.07, 6.45) is 0. The average Bonchev–Trinajstić information content (AvgIpc) is 2.15. The number of sulfone groups is 1. The van der Waals surface area contributed by atoms with Crippen molar-refractivity contribution in [2.45, 2.75) is 13.0 Å². The molecule has 0 aliphatic carbocycles. The fourth-order valence-corrected chi connectivity index (χ4v) is 3.08. The summed E-state index contributed by atoms with van der Waals surface area (Å²) in [6.45, 7) is 5.37. The summed E-state index contributed by atoms with van der Waals surface area (Å²) in [7, 11) is -2.99. The zero-order chi connectivity index (χ0) is 11.3. The summed E-state index contributed by atoms with van der Waals surface area (Å²) < 4.78 is 28.3. The lowest BCUT2D eigenvalue weighted by Crippen LogP contribution is -2.40. The Labute approximate surface area is 91.5 Å². The molecule has 90 valence electrons. The number of hydrogen-bond donors (Lipinski definition) is 1. The van der Waals surface area contributed by atoms with Crippen LogP contribution in [0.1, 0.15) is 6.92 Å². The zero-order valence-corrected chi connectivity index (χ0v) is 10.0. The fourth-order valence-electron chi connectivity index (χ4n) is 1.58. The quantitative estimate of drug-likeness (QED) is 0.668. The molecule has 0 spiro atoms. The molecule has 0 bridgehead atoms. The molecule has 0 aromatic heterocycles. The van der Waals surface area contributed by atoms with Crippen molar-refractivity contribution in [3.05, 3.63) is 0 Å². The maximum atomic E-state index is 11.5. The average molecular weight is 236 g/mol. The van der Waals surface area contributed by atoms with E-state index in [2.05, 4.69) is 4.90 Å². The standard InChI is InChI=1S/C9H20N2O3S/c1-9(10)8-15(12,13)7-4-11-2-5-14-6-3-11/h9H,2-8,10H2,1H3. The molecule has 0 amide bonds. The topological polar surface area (TPSA) is 72.6 Å². The molecule has 1 saturated heterocycles. The van der Waals surface area contributed by atoms with Crippen molar-refractivity contribution < 1.29 is 13.2 Å². The van der Waals surface area contributed by atoms with Gasteiger partial charge in [0, 0.05) is 25.7 Å². The van der Waals surface area contributed by atoms with Crippen LogP contribution in [0.2, 0.25) is 0 Å². The van der Waals surface area contributed by atoms with Gasteiger partial charge in [-0.2, -0.15) is 0 Å². The third-order valence-corrected chi connectivity index (χ3v) is 4.18. The second-order valence-corrected chi connectivity index (χ2v) is 6.27. The highest BCUT2D eigenvalue weighted by Crippen LogP contribution is 1.99. The highest BCUT2D eigenvalue weighted by molar-refractivity contribution is 7.91. The number of nitrogens with zero attached hydrogens (tertiary/aromatic N) is 1. The van der Waals surface area contributed by atoms with E-state index in [-0.39, 0.29) is 17.5 Å². The van der Waals surface area contributed by atoms with E-state index in [9.17, 15) is 8.42 Å². The van der Waals surface area contributed by atoms with Gasteiger partial charge in [-0.3, -0.25) is 4.90 Å². The lowest BCUT2D eigenvalue weighted by Gasteiger charge is -2.26. The largest absolute Gasteiger partial charge is 0.379 e. The van der Waals surface area contributed by atoms with Crippen LogP contribution in [0.15, 0.2) is 0 Å². The maximum absolute atomic E-state index is 11.5. The molecule has 1 heterocycles. The Morgan fingerprint density at radius 2 is 2.00 bits per heavy atom. The molecule has 1 aliphatic rings. The van der Waals surface area contributed by atoms with Crippen molar-refractivity contribution in [2.75, 3.05) is 44.4 Å². The summed E-state index contributed by atoms with van der Waals surface area (Å²) in [5.41, 5.74) is 5.47. The van der Waals surface area contributed by atoms with E-state index in [1.54, 1.807) is 6.92 Å². The molecule has 1 rings (SSSR count). The zero-order valence-electron chi connectivity index (χ0n) is 9.18. The van der Waals surface area contributed by atoms with Crippen molar-refractivity contribution in [3.8, 4) is 0 Å². The Morgan fingerprint density at radius 1 is 1.40 bits per heavy atom. The molecule has 1 aliphatic heterocycles. The summed E-state index contributed by atoms with van der Waals surface area (Å²) >= 11 is 0. The number of rotatable bonds is 5. The summed E-state index contributed by atoms with van der Waals surface area (Å²) in [5, 5.41) is 0. The van der Waals surface area contributed by atoms with Gasteiger partial charge in [0.15, 0.2) is 9.84 Å². The Bertz CT molecular complexity index is 271. The lowest BCUT2D eigenvalue weighted by atomic mass is 10.4. The Morgan fingerprint density at radius 3 is 2.53 bits per heavy atom. The minimum Gasteiger partial charge on any atom is -0.379 e. The molecule has 1 fully saturated rings. The molecule has 0 radical (unpaired) electrons. The second kappa shape index (κ2) is 5.79. The third kappa shape index (κ3) is 5.46. The fraction of sp³-hybridized carbons (Fsp3) is 1.00. The van der Waals surface area contributed by atoms with Crippen LogP contribution in [0.3, 0.4) is 0 Å². The highest BCUT2D eigenvalue weighted by Gasteiger charge is 2.17. The molecular formula is C9H20N2O3S. The van der Waals surface area contributed by atoms with Gasteiger partial charge < -0.3 is 10.5 Å². The SMILES string of the molecule is CC(N)CS(=O)(=O)CCN1CCOCC1. The predicted molar refractivity (Wildman–Crippen MR) is 59.6 cm³/mol. The van der Waals surface area contributed by atoms with E-state index >= 15 is 0 Å². The Kier molecular flexibility index (Phi) is 4.98. The van der Waals surface area contributed by atoms with Crippen LogP contribution in [-0.4, -0.2) is 63.7 Å². The van der Waals surface area contributed by atoms with Gasteiger partial charge in [-0.05, 0) is 6.92 Å². The molecule has 1 unspecified atom stereocenters. The smallest absolute Gasteiger partial charge is 0.153 e. The molecule has 5 nitrogen and oxygen atoms in total. The van der Waals surface area contributed by atoms with Crippen molar-refractivity contribution >= 4 is 9.84 Å². The van der Waals surface area contributed by atoms with Gasteiger partial charge in [-0.15, -0.1) is 0 Å². The number of nitrogens with two attached hydrogens (primary N) is 1. The molecular weight excluding hydrogens is 216 g/mol. The van der Waals surface area contributed by atoms with Gasteiger partial charge >= 0.3 is 0 Å². The normalized spacial score (nSPS) is 21.5. The summed E-state index contributed by atoms with van der Waals surface area (Å²) in [6, 6.07) is -0.278. The van der Waals surface area contributed by atoms with E-state index in [1.807, 2.05) is 0 Å². The van der Waals surface area contributed by atoms with Crippen molar-refractivity contribution in [1.29, 1.82) is 0 Å². The first-order valence-corrected chi connectivity index (χ1v) is 7.08. The number of ether oxygens (including phenoxy) is 1. The van der Waals surface area contributed by atoms with Gasteiger partial charge in [0.2, 0.25) is 0 Å². The van der Waals surface area contributed by atoms with Crippen LogP contribution in [0, 0.1) is 0 Å². The first-order chi connectivity index (χ1) is 6.99. The molecule has 2 N–H and O–H groups in total. The summed E-state index contributed by atoms with van der Waals surface area (Å²) in [5.74, 6) is 0.284. The van der Waals surface area contributed by atoms with Gasteiger partial charge in [0.05, 0.1) is 24.7 Å². The van der Waals surface area contributed by atoms with Gasteiger partial charge in [-0.1, -0.05) is 0 Å². The van der Waals surface area contributed by atoms with E-state index in [0.29, 0.717) is 19.8 Å². The number of morpholine rings is 1. The number of hydrogen-bond acceptors (Lipinski definition) is 5. The minimum atomic E-state index is -2.99. The monoisotopic (exact) mass is 236 g/mol. The van der Waals surface area contributed by atoms with E-state index in [0.717, 1.165) is 13.1 Å². The van der Waals surface area contributed by atoms with Crippen LogP contribution < -0.4 is 5.73 Å². The third-order valence-electron chi connectivity index (χ3n) is 2.34. The summed E-state index contributed by atoms with van der Waals surface area (Å²) in [4.78, 5) is 2.11. The maximum Gasteiger partial charge on any atom is 0.153 e. The Hall–Kier alpha value is -0.170. The molecule has 15 heavy (non-hydrogen) atoms. The van der Waals surface area contributed by atoms with E-state index in [4.69, 9.17) is 10.5 Å². The van der Waals surface area contributed by atoms with Gasteiger partial charge in [0.1, 0.15) is 0 Å². The molecule has 0 aromatic carbocycles. The molecule has 1 atom stereocenters.